The average molecular weight is 251 g/mol. The van der Waals surface area contributed by atoms with Gasteiger partial charge in [0, 0.05) is 18.1 Å². The molecule has 0 aliphatic carbocycles. The van der Waals surface area contributed by atoms with E-state index < -0.39 is 0 Å². The van der Waals surface area contributed by atoms with E-state index in [-0.39, 0.29) is 5.82 Å². The number of hydrogen-bond donors (Lipinski definition) is 0. The summed E-state index contributed by atoms with van der Waals surface area (Å²) in [7, 11) is 0. The van der Waals surface area contributed by atoms with Crippen LogP contribution in [0.3, 0.4) is 0 Å². The van der Waals surface area contributed by atoms with Gasteiger partial charge in [-0.05, 0) is 23.8 Å². The fraction of sp³-hybridized carbons (Fsp3) is 0.0588. The predicted molar refractivity (Wildman–Crippen MR) is 77.4 cm³/mol. The highest BCUT2D eigenvalue weighted by atomic mass is 19.1. The lowest BCUT2D eigenvalue weighted by molar-refractivity contribution is 0.640. The molecule has 0 aliphatic heterocycles. The molecule has 94 valence electrons. The number of allylic oxidation sites excluding steroid dienone is 1. The Labute approximate surface area is 111 Å². The number of aromatic nitrogens is 1. The molecule has 3 aromatic rings. The summed E-state index contributed by atoms with van der Waals surface area (Å²) in [5.74, 6) is -0.164. The first-order chi connectivity index (χ1) is 9.34. The van der Waals surface area contributed by atoms with E-state index in [1.165, 1.54) is 11.6 Å². The molecule has 0 saturated carbocycles. The van der Waals surface area contributed by atoms with Crippen molar-refractivity contribution in [2.75, 3.05) is 0 Å². The summed E-state index contributed by atoms with van der Waals surface area (Å²) in [5.41, 5.74) is 2.10. The quantitative estimate of drug-likeness (QED) is 0.646. The fourth-order valence-electron chi connectivity index (χ4n) is 2.21. The van der Waals surface area contributed by atoms with Crippen molar-refractivity contribution in [3.8, 4) is 0 Å². The van der Waals surface area contributed by atoms with Gasteiger partial charge >= 0.3 is 0 Å². The number of hydrogen-bond acceptors (Lipinski definition) is 0. The Kier molecular flexibility index (Phi) is 3.15. The highest BCUT2D eigenvalue weighted by Crippen LogP contribution is 2.19. The van der Waals surface area contributed by atoms with Gasteiger partial charge < -0.3 is 4.57 Å². The number of fused-ring (bicyclic) bond motifs is 1. The number of rotatable bonds is 3. The Hall–Kier alpha value is -2.35. The van der Waals surface area contributed by atoms with E-state index in [9.17, 15) is 4.39 Å². The Balaban J connectivity index is 1.83. The molecule has 2 aromatic carbocycles. The normalized spacial score (nSPS) is 11.4. The highest BCUT2D eigenvalue weighted by molar-refractivity contribution is 5.80. The van der Waals surface area contributed by atoms with Crippen LogP contribution in [-0.4, -0.2) is 4.57 Å². The van der Waals surface area contributed by atoms with Crippen molar-refractivity contribution in [3.63, 3.8) is 0 Å². The smallest absolute Gasteiger partial charge is 0.132 e. The number of benzene rings is 2. The molecular formula is C17H14FN. The summed E-state index contributed by atoms with van der Waals surface area (Å²) in [6.45, 7) is 0.738. The van der Waals surface area contributed by atoms with Crippen LogP contribution in [0.15, 0.2) is 66.9 Å². The molecule has 0 saturated heterocycles. The van der Waals surface area contributed by atoms with Gasteiger partial charge in [0.2, 0.25) is 0 Å². The molecule has 0 atom stereocenters. The minimum atomic E-state index is -0.164. The maximum absolute atomic E-state index is 13.6. The van der Waals surface area contributed by atoms with E-state index in [0.717, 1.165) is 12.1 Å². The first-order valence-electron chi connectivity index (χ1n) is 6.29. The molecule has 2 heteroatoms. The molecular weight excluding hydrogens is 237 g/mol. The molecule has 0 bridgehead atoms. The van der Waals surface area contributed by atoms with E-state index >= 15 is 0 Å². The van der Waals surface area contributed by atoms with E-state index in [0.29, 0.717) is 5.39 Å². The first-order valence-corrected chi connectivity index (χ1v) is 6.29. The molecule has 0 amide bonds. The van der Waals surface area contributed by atoms with Gasteiger partial charge in [0.05, 0.1) is 5.52 Å². The zero-order valence-electron chi connectivity index (χ0n) is 10.5. The zero-order chi connectivity index (χ0) is 13.1. The summed E-state index contributed by atoms with van der Waals surface area (Å²) in [6.07, 6.45) is 6.08. The third-order valence-electron chi connectivity index (χ3n) is 3.17. The van der Waals surface area contributed by atoms with Crippen molar-refractivity contribution in [2.45, 2.75) is 6.54 Å². The summed E-state index contributed by atoms with van der Waals surface area (Å²) >= 11 is 0. The maximum atomic E-state index is 13.6. The van der Waals surface area contributed by atoms with Crippen LogP contribution in [0.1, 0.15) is 5.56 Å². The molecule has 1 nitrogen and oxygen atoms in total. The molecule has 1 aromatic heterocycles. The minimum absolute atomic E-state index is 0.164. The van der Waals surface area contributed by atoms with Gasteiger partial charge in [0.15, 0.2) is 0 Å². The topological polar surface area (TPSA) is 4.93 Å². The second kappa shape index (κ2) is 5.11. The second-order valence-electron chi connectivity index (χ2n) is 4.45. The Morgan fingerprint density at radius 3 is 2.63 bits per heavy atom. The third kappa shape index (κ3) is 2.43. The van der Waals surface area contributed by atoms with Crippen LogP contribution >= 0.6 is 0 Å². The standard InChI is InChI=1S/C17H14FN/c18-16-9-4-10-17-15(16)11-13-19(17)12-5-8-14-6-2-1-3-7-14/h1-11,13H,12H2/b8-5+. The third-order valence-corrected chi connectivity index (χ3v) is 3.17. The van der Waals surface area contributed by atoms with Crippen molar-refractivity contribution in [1.82, 2.24) is 4.57 Å². The van der Waals surface area contributed by atoms with Crippen LogP contribution in [0.4, 0.5) is 4.39 Å². The average Bonchev–Trinajstić information content (AvgIpc) is 2.85. The van der Waals surface area contributed by atoms with Crippen molar-refractivity contribution in [3.05, 3.63) is 78.3 Å². The van der Waals surface area contributed by atoms with Crippen molar-refractivity contribution < 1.29 is 4.39 Å². The van der Waals surface area contributed by atoms with Crippen LogP contribution < -0.4 is 0 Å². The predicted octanol–water partition coefficient (Wildman–Crippen LogP) is 4.49. The van der Waals surface area contributed by atoms with Crippen molar-refractivity contribution >= 4 is 17.0 Å². The largest absolute Gasteiger partial charge is 0.344 e. The zero-order valence-corrected chi connectivity index (χ0v) is 10.5. The van der Waals surface area contributed by atoms with Crippen LogP contribution in [0, 0.1) is 5.82 Å². The molecule has 0 spiro atoms. The molecule has 0 radical (unpaired) electrons. The summed E-state index contributed by atoms with van der Waals surface area (Å²) in [6, 6.07) is 17.1. The monoisotopic (exact) mass is 251 g/mol. The molecule has 0 aliphatic rings. The van der Waals surface area contributed by atoms with Crippen molar-refractivity contribution in [2.24, 2.45) is 0 Å². The van der Waals surface area contributed by atoms with Gasteiger partial charge in [-0.25, -0.2) is 4.39 Å². The molecule has 0 N–H and O–H groups in total. The Morgan fingerprint density at radius 1 is 0.947 bits per heavy atom. The van der Waals surface area contributed by atoms with Crippen LogP contribution in [0.2, 0.25) is 0 Å². The highest BCUT2D eigenvalue weighted by Gasteiger charge is 2.03. The van der Waals surface area contributed by atoms with Gasteiger partial charge in [-0.1, -0.05) is 48.6 Å². The Morgan fingerprint density at radius 2 is 1.79 bits per heavy atom. The Bertz CT molecular complexity index is 710. The second-order valence-corrected chi connectivity index (χ2v) is 4.45. The van der Waals surface area contributed by atoms with E-state index in [4.69, 9.17) is 0 Å². The summed E-state index contributed by atoms with van der Waals surface area (Å²) in [5, 5.41) is 0.676. The molecule has 1 heterocycles. The lowest BCUT2D eigenvalue weighted by Gasteiger charge is -2.01. The van der Waals surface area contributed by atoms with E-state index in [1.807, 2.05) is 41.1 Å². The van der Waals surface area contributed by atoms with Crippen LogP contribution in [0.5, 0.6) is 0 Å². The molecule has 3 rings (SSSR count). The lowest BCUT2D eigenvalue weighted by atomic mass is 10.2. The maximum Gasteiger partial charge on any atom is 0.132 e. The number of halogens is 1. The molecule has 0 unspecified atom stereocenters. The molecule has 0 fully saturated rings. The van der Waals surface area contributed by atoms with Crippen molar-refractivity contribution in [1.29, 1.82) is 0 Å². The van der Waals surface area contributed by atoms with Gasteiger partial charge in [-0.3, -0.25) is 0 Å². The van der Waals surface area contributed by atoms with Gasteiger partial charge in [0.25, 0.3) is 0 Å². The van der Waals surface area contributed by atoms with Crippen LogP contribution in [0.25, 0.3) is 17.0 Å². The van der Waals surface area contributed by atoms with E-state index in [1.54, 1.807) is 6.07 Å². The fourth-order valence-corrected chi connectivity index (χ4v) is 2.21. The minimum Gasteiger partial charge on any atom is -0.344 e. The first kappa shape index (κ1) is 11.7. The van der Waals surface area contributed by atoms with E-state index in [2.05, 4.69) is 24.3 Å². The SMILES string of the molecule is Fc1cccc2c1ccn2C/C=C/c1ccccc1. The van der Waals surface area contributed by atoms with Gasteiger partial charge in [0.1, 0.15) is 5.82 Å². The van der Waals surface area contributed by atoms with Gasteiger partial charge in [-0.2, -0.15) is 0 Å². The lowest BCUT2D eigenvalue weighted by Crippen LogP contribution is -1.92. The summed E-state index contributed by atoms with van der Waals surface area (Å²) in [4.78, 5) is 0. The molecule has 19 heavy (non-hydrogen) atoms. The van der Waals surface area contributed by atoms with Gasteiger partial charge in [-0.15, -0.1) is 0 Å². The van der Waals surface area contributed by atoms with Crippen LogP contribution in [-0.2, 0) is 6.54 Å². The summed E-state index contributed by atoms with van der Waals surface area (Å²) < 4.78 is 15.6. The number of nitrogens with zero attached hydrogens (tertiary/aromatic N) is 1.